The van der Waals surface area contributed by atoms with Crippen molar-refractivity contribution in [1.29, 1.82) is 0 Å². The number of rotatable bonds is 3. The topological polar surface area (TPSA) is 17.8 Å². The second kappa shape index (κ2) is 5.72. The molecule has 2 nitrogen and oxygen atoms in total. The molecule has 1 fully saturated rings. The first-order valence-corrected chi connectivity index (χ1v) is 7.95. The van der Waals surface area contributed by atoms with Gasteiger partial charge < -0.3 is 4.57 Å². The predicted molar refractivity (Wildman–Crippen MR) is 80.8 cm³/mol. The van der Waals surface area contributed by atoms with Crippen molar-refractivity contribution in [2.75, 3.05) is 5.88 Å². The second-order valence-electron chi connectivity index (χ2n) is 5.88. The van der Waals surface area contributed by atoms with Gasteiger partial charge in [-0.2, -0.15) is 0 Å². The van der Waals surface area contributed by atoms with Crippen molar-refractivity contribution in [1.82, 2.24) is 9.55 Å². The van der Waals surface area contributed by atoms with Gasteiger partial charge in [-0.15, -0.1) is 11.6 Å². The van der Waals surface area contributed by atoms with Crippen molar-refractivity contribution < 1.29 is 4.39 Å². The predicted octanol–water partition coefficient (Wildman–Crippen LogP) is 4.71. The minimum atomic E-state index is -0.225. The summed E-state index contributed by atoms with van der Waals surface area (Å²) in [6, 6.07) is 5.39. The van der Waals surface area contributed by atoms with E-state index >= 15 is 0 Å². The van der Waals surface area contributed by atoms with Gasteiger partial charge >= 0.3 is 0 Å². The maximum atomic E-state index is 13.4. The van der Waals surface area contributed by atoms with Gasteiger partial charge in [-0.1, -0.05) is 6.92 Å². The minimum Gasteiger partial charge on any atom is -0.325 e. The Morgan fingerprint density at radius 3 is 2.75 bits per heavy atom. The Labute approximate surface area is 123 Å². The highest BCUT2D eigenvalue weighted by Crippen LogP contribution is 2.35. The minimum absolute atomic E-state index is 0.225. The van der Waals surface area contributed by atoms with Crippen molar-refractivity contribution in [2.24, 2.45) is 5.92 Å². The molecule has 108 valence electrons. The quantitative estimate of drug-likeness (QED) is 0.750. The molecule has 0 atom stereocenters. The molecule has 0 N–H and O–H groups in total. The summed E-state index contributed by atoms with van der Waals surface area (Å²) in [5, 5.41) is 0. The van der Waals surface area contributed by atoms with Crippen molar-refractivity contribution in [3.63, 3.8) is 0 Å². The molecule has 0 aliphatic heterocycles. The Balaban J connectivity index is 2.04. The highest BCUT2D eigenvalue weighted by atomic mass is 35.5. The van der Waals surface area contributed by atoms with Gasteiger partial charge in [0.1, 0.15) is 11.6 Å². The zero-order chi connectivity index (χ0) is 14.1. The number of alkyl halides is 1. The van der Waals surface area contributed by atoms with Crippen LogP contribution in [0.2, 0.25) is 0 Å². The van der Waals surface area contributed by atoms with Gasteiger partial charge in [0.05, 0.1) is 11.0 Å². The fourth-order valence-corrected chi connectivity index (χ4v) is 3.46. The molecular formula is C16H20ClFN2. The standard InChI is InChI=1S/C16H20ClFN2/c1-11-2-5-13(6-3-11)20-15-7-4-12(18)10-14(15)19-16(20)8-9-17/h4,7,10-11,13H,2-3,5-6,8-9H2,1H3. The van der Waals surface area contributed by atoms with E-state index in [0.29, 0.717) is 11.9 Å². The van der Waals surface area contributed by atoms with E-state index < -0.39 is 0 Å². The van der Waals surface area contributed by atoms with Crippen molar-refractivity contribution >= 4 is 22.6 Å². The maximum absolute atomic E-state index is 13.4. The first-order chi connectivity index (χ1) is 9.69. The lowest BCUT2D eigenvalue weighted by Crippen LogP contribution is -2.19. The van der Waals surface area contributed by atoms with Gasteiger partial charge in [-0.25, -0.2) is 9.37 Å². The molecule has 1 aliphatic rings. The van der Waals surface area contributed by atoms with Crippen molar-refractivity contribution in [3.8, 4) is 0 Å². The first kappa shape index (κ1) is 13.9. The van der Waals surface area contributed by atoms with E-state index in [2.05, 4.69) is 16.5 Å². The first-order valence-electron chi connectivity index (χ1n) is 7.41. The molecule has 1 aliphatic carbocycles. The van der Waals surface area contributed by atoms with Gasteiger partial charge in [0, 0.05) is 24.4 Å². The Hall–Kier alpha value is -1.09. The summed E-state index contributed by atoms with van der Waals surface area (Å²) in [5.41, 5.74) is 1.80. The third kappa shape index (κ3) is 2.56. The normalized spacial score (nSPS) is 23.4. The molecule has 20 heavy (non-hydrogen) atoms. The Kier molecular flexibility index (Phi) is 3.97. The molecule has 0 bridgehead atoms. The molecule has 4 heteroatoms. The number of benzene rings is 1. The van der Waals surface area contributed by atoms with E-state index in [-0.39, 0.29) is 5.82 Å². The monoisotopic (exact) mass is 294 g/mol. The lowest BCUT2D eigenvalue weighted by atomic mass is 9.87. The summed E-state index contributed by atoms with van der Waals surface area (Å²) in [6.45, 7) is 2.32. The molecule has 1 heterocycles. The summed E-state index contributed by atoms with van der Waals surface area (Å²) in [7, 11) is 0. The Bertz CT molecular complexity index is 600. The molecule has 2 aromatic rings. The molecule has 1 aromatic heterocycles. The molecule has 0 spiro atoms. The van der Waals surface area contributed by atoms with Crippen LogP contribution in [0.5, 0.6) is 0 Å². The van der Waals surface area contributed by atoms with Crippen molar-refractivity contribution in [3.05, 3.63) is 29.8 Å². The number of aromatic nitrogens is 2. The van der Waals surface area contributed by atoms with Crippen LogP contribution in [0.1, 0.15) is 44.5 Å². The lowest BCUT2D eigenvalue weighted by Gasteiger charge is -2.29. The summed E-state index contributed by atoms with van der Waals surface area (Å²) >= 11 is 5.90. The zero-order valence-electron chi connectivity index (χ0n) is 11.8. The van der Waals surface area contributed by atoms with E-state index in [1.807, 2.05) is 6.07 Å². The number of aryl methyl sites for hydroxylation is 1. The van der Waals surface area contributed by atoms with Crippen LogP contribution in [-0.4, -0.2) is 15.4 Å². The molecule has 0 radical (unpaired) electrons. The number of hydrogen-bond acceptors (Lipinski definition) is 1. The largest absolute Gasteiger partial charge is 0.325 e. The third-order valence-electron chi connectivity index (χ3n) is 4.39. The molecular weight excluding hydrogens is 275 g/mol. The lowest BCUT2D eigenvalue weighted by molar-refractivity contribution is 0.290. The molecule has 1 aromatic carbocycles. The number of imidazole rings is 1. The molecule has 0 unspecified atom stereocenters. The van der Waals surface area contributed by atoms with Gasteiger partial charge in [-0.05, 0) is 43.7 Å². The van der Waals surface area contributed by atoms with E-state index in [4.69, 9.17) is 11.6 Å². The van der Waals surface area contributed by atoms with Gasteiger partial charge in [0.25, 0.3) is 0 Å². The van der Waals surface area contributed by atoms with Crippen LogP contribution in [0.3, 0.4) is 0 Å². The molecule has 0 amide bonds. The van der Waals surface area contributed by atoms with Crippen molar-refractivity contribution in [2.45, 2.75) is 45.1 Å². The molecule has 0 saturated heterocycles. The van der Waals surface area contributed by atoms with Gasteiger partial charge in [0.2, 0.25) is 0 Å². The fourth-order valence-electron chi connectivity index (χ4n) is 3.29. The van der Waals surface area contributed by atoms with Crippen LogP contribution in [0.25, 0.3) is 11.0 Å². The average Bonchev–Trinajstić information content (AvgIpc) is 2.77. The Morgan fingerprint density at radius 2 is 2.05 bits per heavy atom. The summed E-state index contributed by atoms with van der Waals surface area (Å²) in [4.78, 5) is 4.60. The Morgan fingerprint density at radius 1 is 1.30 bits per heavy atom. The summed E-state index contributed by atoms with van der Waals surface area (Å²) in [6.07, 6.45) is 5.61. The average molecular weight is 295 g/mol. The van der Waals surface area contributed by atoms with Gasteiger partial charge in [-0.3, -0.25) is 0 Å². The number of fused-ring (bicyclic) bond motifs is 1. The van der Waals surface area contributed by atoms with E-state index in [1.165, 1.54) is 37.8 Å². The number of hydrogen-bond donors (Lipinski definition) is 0. The number of halogens is 2. The third-order valence-corrected chi connectivity index (χ3v) is 4.58. The zero-order valence-corrected chi connectivity index (χ0v) is 12.5. The summed E-state index contributed by atoms with van der Waals surface area (Å²) < 4.78 is 15.7. The van der Waals surface area contributed by atoms with E-state index in [0.717, 1.165) is 29.2 Å². The van der Waals surface area contributed by atoms with Gasteiger partial charge in [0.15, 0.2) is 0 Å². The summed E-state index contributed by atoms with van der Waals surface area (Å²) in [5.74, 6) is 2.14. The fraction of sp³-hybridized carbons (Fsp3) is 0.562. The molecule has 3 rings (SSSR count). The van der Waals surface area contributed by atoms with Crippen LogP contribution >= 0.6 is 11.6 Å². The molecule has 1 saturated carbocycles. The van der Waals surface area contributed by atoms with Crippen LogP contribution in [0.15, 0.2) is 18.2 Å². The SMILES string of the molecule is CC1CCC(n2c(CCCl)nc3cc(F)ccc32)CC1. The second-order valence-corrected chi connectivity index (χ2v) is 6.26. The smallest absolute Gasteiger partial charge is 0.125 e. The van der Waals surface area contributed by atoms with E-state index in [9.17, 15) is 4.39 Å². The highest BCUT2D eigenvalue weighted by Gasteiger charge is 2.23. The van der Waals surface area contributed by atoms with Crippen LogP contribution in [-0.2, 0) is 6.42 Å². The highest BCUT2D eigenvalue weighted by molar-refractivity contribution is 6.17. The van der Waals surface area contributed by atoms with Crippen LogP contribution in [0, 0.1) is 11.7 Å². The van der Waals surface area contributed by atoms with Crippen LogP contribution < -0.4 is 0 Å². The van der Waals surface area contributed by atoms with E-state index in [1.54, 1.807) is 0 Å². The number of nitrogens with zero attached hydrogens (tertiary/aromatic N) is 2. The van der Waals surface area contributed by atoms with Crippen LogP contribution in [0.4, 0.5) is 4.39 Å². The maximum Gasteiger partial charge on any atom is 0.125 e.